The summed E-state index contributed by atoms with van der Waals surface area (Å²) < 4.78 is 0. The van der Waals surface area contributed by atoms with Crippen LogP contribution in [0.5, 0.6) is 0 Å². The largest absolute Gasteiger partial charge is 0.392 e. The van der Waals surface area contributed by atoms with E-state index in [0.717, 1.165) is 18.7 Å². The van der Waals surface area contributed by atoms with Crippen LogP contribution in [0.1, 0.15) is 35.7 Å². The summed E-state index contributed by atoms with van der Waals surface area (Å²) in [6.45, 7) is 2.26. The van der Waals surface area contributed by atoms with Crippen molar-refractivity contribution in [1.29, 1.82) is 0 Å². The summed E-state index contributed by atoms with van der Waals surface area (Å²) in [4.78, 5) is 5.87. The summed E-state index contributed by atoms with van der Waals surface area (Å²) in [5.41, 5.74) is 3.62. The number of hydrogen-bond donors (Lipinski definition) is 2. The van der Waals surface area contributed by atoms with Gasteiger partial charge >= 0.3 is 0 Å². The molecule has 0 aliphatic carbocycles. The van der Waals surface area contributed by atoms with E-state index in [2.05, 4.69) is 34.1 Å². The molecule has 1 aliphatic rings. The van der Waals surface area contributed by atoms with E-state index < -0.39 is 0 Å². The van der Waals surface area contributed by atoms with Crippen molar-refractivity contribution in [2.75, 3.05) is 6.54 Å². The minimum atomic E-state index is 0.120. The molecule has 0 bridgehead atoms. The monoisotopic (exact) mass is 256 g/mol. The van der Waals surface area contributed by atoms with Gasteiger partial charge in [0.2, 0.25) is 0 Å². The molecule has 3 nitrogen and oxygen atoms in total. The van der Waals surface area contributed by atoms with Crippen LogP contribution >= 0.6 is 0 Å². The fourth-order valence-electron chi connectivity index (χ4n) is 2.90. The first-order chi connectivity index (χ1) is 9.36. The molecule has 1 aromatic carbocycles. The Kier molecular flexibility index (Phi) is 3.67. The third-order valence-corrected chi connectivity index (χ3v) is 3.94. The van der Waals surface area contributed by atoms with Gasteiger partial charge in [-0.2, -0.15) is 0 Å². The summed E-state index contributed by atoms with van der Waals surface area (Å²) in [7, 11) is 0. The standard InChI is InChI=1S/C16H20N2O/c19-12-14-7-5-13(6-8-14)11-18-10-2-4-16(18)15-3-1-9-17-15/h1,3,5-9,16-17,19H,2,4,10-12H2. The van der Waals surface area contributed by atoms with Gasteiger partial charge < -0.3 is 10.1 Å². The average molecular weight is 256 g/mol. The van der Waals surface area contributed by atoms with Gasteiger partial charge in [0, 0.05) is 18.4 Å². The Hall–Kier alpha value is -1.58. The molecule has 19 heavy (non-hydrogen) atoms. The average Bonchev–Trinajstić information content (AvgIpc) is 3.10. The maximum Gasteiger partial charge on any atom is 0.0681 e. The first-order valence-corrected chi connectivity index (χ1v) is 6.93. The second-order valence-corrected chi connectivity index (χ2v) is 5.23. The smallest absolute Gasteiger partial charge is 0.0681 e. The van der Waals surface area contributed by atoms with E-state index >= 15 is 0 Å². The molecule has 1 fully saturated rings. The van der Waals surface area contributed by atoms with Gasteiger partial charge in [0.15, 0.2) is 0 Å². The fourth-order valence-corrected chi connectivity index (χ4v) is 2.90. The summed E-state index contributed by atoms with van der Waals surface area (Å²) in [6.07, 6.45) is 4.50. The van der Waals surface area contributed by atoms with Gasteiger partial charge in [-0.25, -0.2) is 0 Å². The molecule has 0 amide bonds. The van der Waals surface area contributed by atoms with E-state index in [1.54, 1.807) is 0 Å². The highest BCUT2D eigenvalue weighted by molar-refractivity contribution is 5.22. The van der Waals surface area contributed by atoms with E-state index in [9.17, 15) is 0 Å². The molecular weight excluding hydrogens is 236 g/mol. The number of aliphatic hydroxyl groups is 1. The summed E-state index contributed by atoms with van der Waals surface area (Å²) in [5.74, 6) is 0. The predicted octanol–water partition coefficient (Wildman–Crippen LogP) is 2.84. The molecule has 1 atom stereocenters. The van der Waals surface area contributed by atoms with E-state index in [-0.39, 0.29) is 6.61 Å². The van der Waals surface area contributed by atoms with Crippen molar-refractivity contribution >= 4 is 0 Å². The number of hydrogen-bond acceptors (Lipinski definition) is 2. The van der Waals surface area contributed by atoms with E-state index in [1.165, 1.54) is 24.1 Å². The van der Waals surface area contributed by atoms with Crippen molar-refractivity contribution in [2.45, 2.75) is 32.0 Å². The van der Waals surface area contributed by atoms with Gasteiger partial charge in [0.1, 0.15) is 0 Å². The van der Waals surface area contributed by atoms with Crippen LogP contribution in [0.25, 0.3) is 0 Å². The zero-order valence-electron chi connectivity index (χ0n) is 11.0. The van der Waals surface area contributed by atoms with Crippen molar-refractivity contribution in [3.63, 3.8) is 0 Å². The van der Waals surface area contributed by atoms with Crippen molar-refractivity contribution in [3.05, 3.63) is 59.4 Å². The van der Waals surface area contributed by atoms with Crippen LogP contribution in [0.3, 0.4) is 0 Å². The molecule has 3 rings (SSSR count). The van der Waals surface area contributed by atoms with Crippen molar-refractivity contribution < 1.29 is 5.11 Å². The SMILES string of the molecule is OCc1ccc(CN2CCCC2c2ccc[nH]2)cc1. The van der Waals surface area contributed by atoms with Gasteiger partial charge in [-0.1, -0.05) is 24.3 Å². The molecule has 0 spiro atoms. The number of aliphatic hydroxyl groups excluding tert-OH is 1. The first kappa shape index (κ1) is 12.5. The normalized spacial score (nSPS) is 19.9. The Morgan fingerprint density at radius 2 is 1.95 bits per heavy atom. The minimum Gasteiger partial charge on any atom is -0.392 e. The molecular formula is C16H20N2O. The molecule has 0 saturated carbocycles. The van der Waals surface area contributed by atoms with Crippen LogP contribution in [-0.2, 0) is 13.2 Å². The number of nitrogens with zero attached hydrogens (tertiary/aromatic N) is 1. The summed E-state index contributed by atoms with van der Waals surface area (Å²) in [5, 5.41) is 9.07. The number of benzene rings is 1. The van der Waals surface area contributed by atoms with E-state index in [0.29, 0.717) is 6.04 Å². The van der Waals surface area contributed by atoms with Crippen LogP contribution in [0.4, 0.5) is 0 Å². The topological polar surface area (TPSA) is 39.3 Å². The number of likely N-dealkylation sites (tertiary alicyclic amines) is 1. The van der Waals surface area contributed by atoms with Gasteiger partial charge in [-0.3, -0.25) is 4.90 Å². The Labute approximate surface area is 113 Å². The van der Waals surface area contributed by atoms with Gasteiger partial charge in [-0.05, 0) is 42.6 Å². The lowest BCUT2D eigenvalue weighted by molar-refractivity contribution is 0.245. The van der Waals surface area contributed by atoms with Crippen LogP contribution in [0.2, 0.25) is 0 Å². The van der Waals surface area contributed by atoms with Crippen LogP contribution in [0.15, 0.2) is 42.6 Å². The molecule has 1 aliphatic heterocycles. The number of nitrogens with one attached hydrogen (secondary N) is 1. The third kappa shape index (κ3) is 2.72. The molecule has 100 valence electrons. The van der Waals surface area contributed by atoms with Crippen LogP contribution in [-0.4, -0.2) is 21.5 Å². The summed E-state index contributed by atoms with van der Waals surface area (Å²) >= 11 is 0. The maximum atomic E-state index is 9.07. The third-order valence-electron chi connectivity index (χ3n) is 3.94. The molecule has 1 saturated heterocycles. The number of H-pyrrole nitrogens is 1. The molecule has 2 N–H and O–H groups in total. The zero-order chi connectivity index (χ0) is 13.1. The lowest BCUT2D eigenvalue weighted by atomic mass is 10.1. The minimum absolute atomic E-state index is 0.120. The first-order valence-electron chi connectivity index (χ1n) is 6.93. The molecule has 2 aromatic rings. The Bertz CT molecular complexity index is 504. The van der Waals surface area contributed by atoms with Crippen molar-refractivity contribution in [3.8, 4) is 0 Å². The lowest BCUT2D eigenvalue weighted by Crippen LogP contribution is -2.22. The van der Waals surface area contributed by atoms with Crippen LogP contribution < -0.4 is 0 Å². The Morgan fingerprint density at radius 3 is 2.63 bits per heavy atom. The van der Waals surface area contributed by atoms with Crippen molar-refractivity contribution in [1.82, 2.24) is 9.88 Å². The number of aromatic nitrogens is 1. The highest BCUT2D eigenvalue weighted by atomic mass is 16.3. The zero-order valence-corrected chi connectivity index (χ0v) is 11.0. The van der Waals surface area contributed by atoms with E-state index in [1.807, 2.05) is 18.3 Å². The molecule has 3 heteroatoms. The van der Waals surface area contributed by atoms with Gasteiger partial charge in [0.05, 0.1) is 12.6 Å². The molecule has 0 radical (unpaired) electrons. The Balaban J connectivity index is 1.71. The lowest BCUT2D eigenvalue weighted by Gasteiger charge is -2.23. The van der Waals surface area contributed by atoms with E-state index in [4.69, 9.17) is 5.11 Å². The fraction of sp³-hybridized carbons (Fsp3) is 0.375. The number of rotatable bonds is 4. The maximum absolute atomic E-state index is 9.07. The summed E-state index contributed by atoms with van der Waals surface area (Å²) in [6, 6.07) is 13.0. The van der Waals surface area contributed by atoms with Crippen molar-refractivity contribution in [2.24, 2.45) is 0 Å². The van der Waals surface area contributed by atoms with Crippen LogP contribution in [0, 0.1) is 0 Å². The molecule has 2 heterocycles. The second-order valence-electron chi connectivity index (χ2n) is 5.23. The highest BCUT2D eigenvalue weighted by Gasteiger charge is 2.26. The van der Waals surface area contributed by atoms with Gasteiger partial charge in [0.25, 0.3) is 0 Å². The quantitative estimate of drug-likeness (QED) is 0.883. The molecule has 1 unspecified atom stereocenters. The Morgan fingerprint density at radius 1 is 1.16 bits per heavy atom. The molecule has 1 aromatic heterocycles. The second kappa shape index (κ2) is 5.59. The predicted molar refractivity (Wildman–Crippen MR) is 75.5 cm³/mol. The highest BCUT2D eigenvalue weighted by Crippen LogP contribution is 2.32. The number of aromatic amines is 1. The van der Waals surface area contributed by atoms with Gasteiger partial charge in [-0.15, -0.1) is 0 Å².